The van der Waals surface area contributed by atoms with Gasteiger partial charge in [-0.25, -0.2) is 0 Å². The van der Waals surface area contributed by atoms with Crippen molar-refractivity contribution in [3.8, 4) is 11.4 Å². The fraction of sp³-hybridized carbons (Fsp3) is 0.471. The lowest BCUT2D eigenvalue weighted by Crippen LogP contribution is -2.43. The minimum atomic E-state index is -0.127. The summed E-state index contributed by atoms with van der Waals surface area (Å²) < 4.78 is 4.98. The first kappa shape index (κ1) is 15.7. The van der Waals surface area contributed by atoms with Crippen LogP contribution in [0.25, 0.3) is 11.4 Å². The van der Waals surface area contributed by atoms with Gasteiger partial charge in [-0.15, -0.1) is 0 Å². The number of hydrogen-bond acceptors (Lipinski definition) is 5. The molecule has 0 saturated heterocycles. The van der Waals surface area contributed by atoms with Gasteiger partial charge in [-0.2, -0.15) is 4.98 Å². The number of nitrogens with one attached hydrogen (secondary N) is 1. The van der Waals surface area contributed by atoms with Crippen LogP contribution >= 0.6 is 0 Å². The molecule has 1 aromatic carbocycles. The third-order valence-electron chi connectivity index (χ3n) is 4.37. The van der Waals surface area contributed by atoms with Gasteiger partial charge in [0.1, 0.15) is 0 Å². The van der Waals surface area contributed by atoms with Gasteiger partial charge in [-0.05, 0) is 25.0 Å². The topological polar surface area (TPSA) is 88.2 Å². The lowest BCUT2D eigenvalue weighted by molar-refractivity contribution is 0.0872. The van der Waals surface area contributed by atoms with Gasteiger partial charge in [0.05, 0.1) is 0 Å². The van der Waals surface area contributed by atoms with Crippen LogP contribution in [0.2, 0.25) is 0 Å². The predicted octanol–water partition coefficient (Wildman–Crippen LogP) is 2.33. The summed E-state index contributed by atoms with van der Waals surface area (Å²) in [6.45, 7) is 1.85. The number of aliphatic hydroxyl groups is 1. The van der Waals surface area contributed by atoms with E-state index >= 15 is 0 Å². The zero-order chi connectivity index (χ0) is 16.2. The summed E-state index contributed by atoms with van der Waals surface area (Å²) in [5.74, 6) is 0.985. The first-order valence-corrected chi connectivity index (χ1v) is 8.00. The van der Waals surface area contributed by atoms with E-state index in [1.807, 2.05) is 6.07 Å². The highest BCUT2D eigenvalue weighted by Crippen LogP contribution is 2.24. The monoisotopic (exact) mass is 315 g/mol. The smallest absolute Gasteiger partial charge is 0.251 e. The molecule has 2 aromatic rings. The van der Waals surface area contributed by atoms with Crippen LogP contribution in [0.1, 0.15) is 41.9 Å². The van der Waals surface area contributed by atoms with Crippen molar-refractivity contribution in [3.05, 3.63) is 35.7 Å². The Kier molecular flexibility index (Phi) is 4.71. The number of carbonyl (C=O) groups is 1. The van der Waals surface area contributed by atoms with E-state index in [1.165, 1.54) is 0 Å². The number of carbonyl (C=O) groups excluding carboxylic acids is 1. The predicted molar refractivity (Wildman–Crippen MR) is 84.8 cm³/mol. The molecule has 23 heavy (non-hydrogen) atoms. The quantitative estimate of drug-likeness (QED) is 0.904. The zero-order valence-corrected chi connectivity index (χ0v) is 13.2. The van der Waals surface area contributed by atoms with Crippen molar-refractivity contribution >= 4 is 5.91 Å². The molecule has 6 nitrogen and oxygen atoms in total. The highest BCUT2D eigenvalue weighted by atomic mass is 16.5. The van der Waals surface area contributed by atoms with Crippen LogP contribution in [0.15, 0.2) is 28.8 Å². The maximum Gasteiger partial charge on any atom is 0.251 e. The number of rotatable bonds is 4. The van der Waals surface area contributed by atoms with Gasteiger partial charge in [0.25, 0.3) is 5.91 Å². The van der Waals surface area contributed by atoms with Crippen LogP contribution in [-0.4, -0.2) is 33.8 Å². The Labute approximate surface area is 134 Å². The molecule has 0 aliphatic heterocycles. The minimum absolute atomic E-state index is 0.0392. The van der Waals surface area contributed by atoms with Crippen molar-refractivity contribution in [2.45, 2.75) is 38.6 Å². The summed E-state index contributed by atoms with van der Waals surface area (Å²) in [6.07, 6.45) is 4.08. The van der Waals surface area contributed by atoms with E-state index in [0.717, 1.165) is 31.2 Å². The molecule has 122 valence electrons. The Morgan fingerprint density at radius 2 is 2.22 bits per heavy atom. The van der Waals surface area contributed by atoms with E-state index in [4.69, 9.17) is 4.52 Å². The fourth-order valence-corrected chi connectivity index (χ4v) is 3.08. The van der Waals surface area contributed by atoms with E-state index in [9.17, 15) is 9.90 Å². The molecule has 1 heterocycles. The lowest BCUT2D eigenvalue weighted by atomic mass is 9.85. The number of benzene rings is 1. The summed E-state index contributed by atoms with van der Waals surface area (Å²) in [4.78, 5) is 16.7. The van der Waals surface area contributed by atoms with Crippen molar-refractivity contribution in [2.24, 2.45) is 5.92 Å². The SMILES string of the molecule is Cc1nc(-c2cccc(C(=O)NC3CCCCC3CO)c2)no1. The second-order valence-electron chi connectivity index (χ2n) is 6.02. The number of aryl methyl sites for hydroxylation is 1. The molecule has 1 aromatic heterocycles. The van der Waals surface area contributed by atoms with Gasteiger partial charge in [0.2, 0.25) is 11.7 Å². The average molecular weight is 315 g/mol. The third-order valence-corrected chi connectivity index (χ3v) is 4.37. The Hall–Kier alpha value is -2.21. The van der Waals surface area contributed by atoms with Crippen molar-refractivity contribution in [3.63, 3.8) is 0 Å². The second-order valence-corrected chi connectivity index (χ2v) is 6.02. The first-order chi connectivity index (χ1) is 11.2. The number of amides is 1. The molecule has 0 radical (unpaired) electrons. The van der Waals surface area contributed by atoms with Gasteiger partial charge in [0, 0.05) is 36.6 Å². The first-order valence-electron chi connectivity index (χ1n) is 8.00. The number of aliphatic hydroxyl groups excluding tert-OH is 1. The maximum absolute atomic E-state index is 12.5. The highest BCUT2D eigenvalue weighted by molar-refractivity contribution is 5.95. The van der Waals surface area contributed by atoms with Gasteiger partial charge in [-0.1, -0.05) is 30.1 Å². The van der Waals surface area contributed by atoms with Crippen molar-refractivity contribution in [1.29, 1.82) is 0 Å². The Morgan fingerprint density at radius 3 is 2.96 bits per heavy atom. The van der Waals surface area contributed by atoms with Crippen LogP contribution in [0.5, 0.6) is 0 Å². The van der Waals surface area contributed by atoms with Crippen molar-refractivity contribution < 1.29 is 14.4 Å². The van der Waals surface area contributed by atoms with E-state index in [1.54, 1.807) is 25.1 Å². The summed E-state index contributed by atoms with van der Waals surface area (Å²) in [5.41, 5.74) is 1.31. The molecule has 1 saturated carbocycles. The van der Waals surface area contributed by atoms with Gasteiger partial charge < -0.3 is 14.9 Å². The lowest BCUT2D eigenvalue weighted by Gasteiger charge is -2.30. The van der Waals surface area contributed by atoms with Crippen LogP contribution in [0, 0.1) is 12.8 Å². The minimum Gasteiger partial charge on any atom is -0.396 e. The van der Waals surface area contributed by atoms with Gasteiger partial charge in [-0.3, -0.25) is 4.79 Å². The standard InChI is InChI=1S/C17H21N3O3/c1-11-18-16(20-23-11)12-6-4-7-13(9-12)17(22)19-15-8-3-2-5-14(15)10-21/h4,6-7,9,14-15,21H,2-3,5,8,10H2,1H3,(H,19,22). The molecule has 0 bridgehead atoms. The summed E-state index contributed by atoms with van der Waals surface area (Å²) in [5, 5.41) is 16.4. The summed E-state index contributed by atoms with van der Waals surface area (Å²) in [7, 11) is 0. The molecule has 0 spiro atoms. The zero-order valence-electron chi connectivity index (χ0n) is 13.2. The molecule has 3 rings (SSSR count). The highest BCUT2D eigenvalue weighted by Gasteiger charge is 2.26. The number of hydrogen-bond donors (Lipinski definition) is 2. The van der Waals surface area contributed by atoms with E-state index < -0.39 is 0 Å². The molecule has 1 aliphatic carbocycles. The van der Waals surface area contributed by atoms with Crippen molar-refractivity contribution in [1.82, 2.24) is 15.5 Å². The van der Waals surface area contributed by atoms with Crippen molar-refractivity contribution in [2.75, 3.05) is 6.61 Å². The fourth-order valence-electron chi connectivity index (χ4n) is 3.08. The second kappa shape index (κ2) is 6.91. The molecule has 1 aliphatic rings. The number of nitrogens with zero attached hydrogens (tertiary/aromatic N) is 2. The average Bonchev–Trinajstić information content (AvgIpc) is 3.02. The molecular weight excluding hydrogens is 294 g/mol. The molecule has 6 heteroatoms. The Morgan fingerprint density at radius 1 is 1.39 bits per heavy atom. The molecule has 2 atom stereocenters. The Balaban J connectivity index is 1.74. The van der Waals surface area contributed by atoms with E-state index in [-0.39, 0.29) is 24.5 Å². The van der Waals surface area contributed by atoms with Crippen LogP contribution in [0.4, 0.5) is 0 Å². The van der Waals surface area contributed by atoms with Gasteiger partial charge >= 0.3 is 0 Å². The molecule has 1 amide bonds. The number of aromatic nitrogens is 2. The van der Waals surface area contributed by atoms with E-state index in [2.05, 4.69) is 15.5 Å². The van der Waals surface area contributed by atoms with Crippen LogP contribution in [0.3, 0.4) is 0 Å². The molecule has 1 fully saturated rings. The third kappa shape index (κ3) is 3.59. The maximum atomic E-state index is 12.5. The van der Waals surface area contributed by atoms with Crippen LogP contribution < -0.4 is 5.32 Å². The summed E-state index contributed by atoms with van der Waals surface area (Å²) in [6, 6.07) is 7.22. The van der Waals surface area contributed by atoms with Crippen LogP contribution in [-0.2, 0) is 0 Å². The normalized spacial score (nSPS) is 21.1. The van der Waals surface area contributed by atoms with E-state index in [0.29, 0.717) is 17.3 Å². The van der Waals surface area contributed by atoms with Gasteiger partial charge in [0.15, 0.2) is 0 Å². The Bertz CT molecular complexity index is 683. The summed E-state index contributed by atoms with van der Waals surface area (Å²) >= 11 is 0. The largest absolute Gasteiger partial charge is 0.396 e. The molecular formula is C17H21N3O3. The molecule has 2 unspecified atom stereocenters. The molecule has 2 N–H and O–H groups in total.